The van der Waals surface area contributed by atoms with Gasteiger partial charge in [-0.15, -0.1) is 0 Å². The molecular weight excluding hydrogens is 310 g/mol. The molecule has 0 heterocycles. The molecule has 0 aliphatic heterocycles. The lowest BCUT2D eigenvalue weighted by atomic mass is 9.49. The molecule has 5 heteroatoms. The average Bonchev–Trinajstić information content (AvgIpc) is 2.45. The Balaban J connectivity index is 2.17. The summed E-state index contributed by atoms with van der Waals surface area (Å²) in [6.07, 6.45) is 5.79. The second-order valence-electron chi connectivity index (χ2n) is 7.74. The van der Waals surface area contributed by atoms with E-state index in [0.717, 1.165) is 37.7 Å². The van der Waals surface area contributed by atoms with E-state index in [4.69, 9.17) is 5.73 Å². The molecule has 1 aromatic carbocycles. The largest absolute Gasteiger partial charge is 0.369 e. The SMILES string of the molecule is CC1(C(N)=O)CCCC2(C)c3cc(S(C)(=O)=O)ccc3CCC12. The molecule has 1 fully saturated rings. The third-order valence-electron chi connectivity index (χ3n) is 6.32. The number of hydrogen-bond donors (Lipinski definition) is 1. The van der Waals surface area contributed by atoms with Crippen LogP contribution in [-0.4, -0.2) is 20.6 Å². The van der Waals surface area contributed by atoms with Gasteiger partial charge in [0.1, 0.15) is 0 Å². The lowest BCUT2D eigenvalue weighted by Gasteiger charge is -2.54. The van der Waals surface area contributed by atoms with E-state index in [1.54, 1.807) is 6.07 Å². The molecule has 0 spiro atoms. The summed E-state index contributed by atoms with van der Waals surface area (Å²) in [5, 5.41) is 0. The summed E-state index contributed by atoms with van der Waals surface area (Å²) in [5.74, 6) is -0.0558. The van der Waals surface area contributed by atoms with Crippen molar-refractivity contribution in [2.45, 2.75) is 56.3 Å². The van der Waals surface area contributed by atoms with Crippen molar-refractivity contribution in [1.29, 1.82) is 0 Å². The molecule has 2 aliphatic rings. The lowest BCUT2D eigenvalue weighted by Crippen LogP contribution is -2.54. The number of hydrogen-bond acceptors (Lipinski definition) is 3. The number of nitrogens with two attached hydrogens (primary N) is 1. The summed E-state index contributed by atoms with van der Waals surface area (Å²) in [7, 11) is -3.24. The van der Waals surface area contributed by atoms with Crippen molar-refractivity contribution in [2.75, 3.05) is 6.26 Å². The van der Waals surface area contributed by atoms with Crippen molar-refractivity contribution in [3.8, 4) is 0 Å². The minimum atomic E-state index is -3.24. The Bertz CT molecular complexity index is 770. The molecule has 1 aromatic rings. The summed E-state index contributed by atoms with van der Waals surface area (Å²) in [4.78, 5) is 12.5. The number of aryl methyl sites for hydroxylation is 1. The second-order valence-corrected chi connectivity index (χ2v) is 9.75. The Morgan fingerprint density at radius 3 is 2.57 bits per heavy atom. The van der Waals surface area contributed by atoms with Gasteiger partial charge in [-0.25, -0.2) is 8.42 Å². The summed E-state index contributed by atoms with van der Waals surface area (Å²) in [6.45, 7) is 4.17. The Kier molecular flexibility index (Phi) is 3.63. The maximum atomic E-state index is 12.1. The first-order valence-corrected chi connectivity index (χ1v) is 10.1. The molecule has 3 rings (SSSR count). The highest BCUT2D eigenvalue weighted by molar-refractivity contribution is 7.90. The average molecular weight is 335 g/mol. The van der Waals surface area contributed by atoms with Gasteiger partial charge in [0.2, 0.25) is 5.91 Å². The summed E-state index contributed by atoms with van der Waals surface area (Å²) in [6, 6.07) is 5.49. The van der Waals surface area contributed by atoms with Gasteiger partial charge in [-0.3, -0.25) is 4.79 Å². The number of benzene rings is 1. The van der Waals surface area contributed by atoms with Crippen LogP contribution in [-0.2, 0) is 26.5 Å². The minimum absolute atomic E-state index is 0.170. The highest BCUT2D eigenvalue weighted by Crippen LogP contribution is 2.57. The van der Waals surface area contributed by atoms with E-state index in [0.29, 0.717) is 4.90 Å². The van der Waals surface area contributed by atoms with E-state index in [1.807, 2.05) is 19.1 Å². The van der Waals surface area contributed by atoms with E-state index < -0.39 is 15.3 Å². The fourth-order valence-corrected chi connectivity index (χ4v) is 5.61. The minimum Gasteiger partial charge on any atom is -0.369 e. The van der Waals surface area contributed by atoms with Crippen molar-refractivity contribution in [1.82, 2.24) is 0 Å². The molecule has 2 aliphatic carbocycles. The number of carbonyl (C=O) groups excluding carboxylic acids is 1. The van der Waals surface area contributed by atoms with Gasteiger partial charge in [0.25, 0.3) is 0 Å². The molecule has 0 saturated heterocycles. The third-order valence-corrected chi connectivity index (χ3v) is 7.43. The molecule has 3 unspecified atom stereocenters. The first kappa shape index (κ1) is 16.5. The van der Waals surface area contributed by atoms with E-state index in [2.05, 4.69) is 6.92 Å². The van der Waals surface area contributed by atoms with Crippen LogP contribution in [0.4, 0.5) is 0 Å². The number of rotatable bonds is 2. The van der Waals surface area contributed by atoms with Crippen LogP contribution in [0.15, 0.2) is 23.1 Å². The second kappa shape index (κ2) is 5.07. The standard InChI is InChI=1S/C18H25NO3S/c1-17-9-4-10-18(2,16(19)20)15(17)8-6-12-5-7-13(11-14(12)17)23(3,21)22/h5,7,11,15H,4,6,8-10H2,1-3H3,(H2,19,20). The zero-order valence-corrected chi connectivity index (χ0v) is 14.9. The molecule has 2 N–H and O–H groups in total. The summed E-state index contributed by atoms with van der Waals surface area (Å²) >= 11 is 0. The lowest BCUT2D eigenvalue weighted by molar-refractivity contribution is -0.135. The van der Waals surface area contributed by atoms with Gasteiger partial charge in [0.05, 0.1) is 4.90 Å². The number of amides is 1. The molecule has 4 nitrogen and oxygen atoms in total. The molecule has 0 radical (unpaired) electrons. The smallest absolute Gasteiger partial charge is 0.223 e. The monoisotopic (exact) mass is 335 g/mol. The maximum Gasteiger partial charge on any atom is 0.223 e. The quantitative estimate of drug-likeness (QED) is 0.902. The van der Waals surface area contributed by atoms with Crippen LogP contribution in [0.5, 0.6) is 0 Å². The third kappa shape index (κ3) is 2.40. The van der Waals surface area contributed by atoms with Crippen molar-refractivity contribution >= 4 is 15.7 Å². The van der Waals surface area contributed by atoms with Crippen molar-refractivity contribution < 1.29 is 13.2 Å². The molecule has 0 aromatic heterocycles. The van der Waals surface area contributed by atoms with Crippen molar-refractivity contribution in [3.05, 3.63) is 29.3 Å². The molecule has 1 saturated carbocycles. The molecule has 23 heavy (non-hydrogen) atoms. The fourth-order valence-electron chi connectivity index (χ4n) is 4.96. The maximum absolute atomic E-state index is 12.1. The molecule has 126 valence electrons. The first-order valence-electron chi connectivity index (χ1n) is 8.22. The van der Waals surface area contributed by atoms with Crippen LogP contribution >= 0.6 is 0 Å². The van der Waals surface area contributed by atoms with Gasteiger partial charge >= 0.3 is 0 Å². The van der Waals surface area contributed by atoms with Gasteiger partial charge < -0.3 is 5.73 Å². The van der Waals surface area contributed by atoms with Gasteiger partial charge in [-0.2, -0.15) is 0 Å². The summed E-state index contributed by atoms with van der Waals surface area (Å²) in [5.41, 5.74) is 7.37. The Labute approximate surface area is 138 Å². The topological polar surface area (TPSA) is 77.2 Å². The number of carbonyl (C=O) groups is 1. The Morgan fingerprint density at radius 2 is 1.96 bits per heavy atom. The highest BCUT2D eigenvalue weighted by atomic mass is 32.2. The van der Waals surface area contributed by atoms with Gasteiger partial charge in [0.15, 0.2) is 9.84 Å². The van der Waals surface area contributed by atoms with E-state index in [9.17, 15) is 13.2 Å². The van der Waals surface area contributed by atoms with Crippen LogP contribution < -0.4 is 5.73 Å². The zero-order chi connectivity index (χ0) is 17.0. The van der Waals surface area contributed by atoms with E-state index in [1.165, 1.54) is 11.8 Å². The van der Waals surface area contributed by atoms with Crippen LogP contribution in [0.2, 0.25) is 0 Å². The van der Waals surface area contributed by atoms with E-state index >= 15 is 0 Å². The molecular formula is C18H25NO3S. The van der Waals surface area contributed by atoms with Crippen LogP contribution in [0.25, 0.3) is 0 Å². The zero-order valence-electron chi connectivity index (χ0n) is 14.1. The number of sulfone groups is 1. The van der Waals surface area contributed by atoms with Gasteiger partial charge in [0, 0.05) is 11.7 Å². The van der Waals surface area contributed by atoms with Crippen LogP contribution in [0, 0.1) is 11.3 Å². The molecule has 0 bridgehead atoms. The Morgan fingerprint density at radius 1 is 1.26 bits per heavy atom. The fraction of sp³-hybridized carbons (Fsp3) is 0.611. The normalized spacial score (nSPS) is 33.6. The predicted octanol–water partition coefficient (Wildman–Crippen LogP) is 2.59. The number of primary amides is 1. The Hall–Kier alpha value is -1.36. The first-order chi connectivity index (χ1) is 10.6. The highest BCUT2D eigenvalue weighted by Gasteiger charge is 2.54. The van der Waals surface area contributed by atoms with Crippen LogP contribution in [0.1, 0.15) is 50.7 Å². The van der Waals surface area contributed by atoms with Gasteiger partial charge in [-0.1, -0.05) is 26.3 Å². The van der Waals surface area contributed by atoms with Crippen molar-refractivity contribution in [3.63, 3.8) is 0 Å². The predicted molar refractivity (Wildman–Crippen MR) is 89.9 cm³/mol. The van der Waals surface area contributed by atoms with Crippen molar-refractivity contribution in [2.24, 2.45) is 17.1 Å². The molecule has 1 amide bonds. The van der Waals surface area contributed by atoms with Gasteiger partial charge in [-0.05, 0) is 60.3 Å². The summed E-state index contributed by atoms with van der Waals surface area (Å²) < 4.78 is 23.9. The molecule has 3 atom stereocenters. The number of fused-ring (bicyclic) bond motifs is 3. The van der Waals surface area contributed by atoms with Crippen LogP contribution in [0.3, 0.4) is 0 Å². The van der Waals surface area contributed by atoms with E-state index in [-0.39, 0.29) is 17.2 Å².